The second-order valence-corrected chi connectivity index (χ2v) is 6.46. The molecule has 2 nitrogen and oxygen atoms in total. The Bertz CT molecular complexity index is 845. The van der Waals surface area contributed by atoms with Crippen molar-refractivity contribution in [3.05, 3.63) is 71.1 Å². The van der Waals surface area contributed by atoms with Crippen LogP contribution in [0.25, 0.3) is 11.1 Å². The Morgan fingerprint density at radius 2 is 1.59 bits per heavy atom. The normalized spacial score (nSPS) is 22.3. The molecule has 2 heteroatoms. The van der Waals surface area contributed by atoms with Crippen molar-refractivity contribution in [1.29, 1.82) is 0 Å². The number of fused-ring (bicyclic) bond motifs is 6. The standard InChI is InChI=1S/C20H20N2/c1-13-8-7-11-16-15-9-5-6-10-17(15)19-20(3,18(13)16)22(4)12-14(2)21-19/h5-12H,1-4H3. The van der Waals surface area contributed by atoms with Gasteiger partial charge < -0.3 is 4.90 Å². The first-order chi connectivity index (χ1) is 10.5. The van der Waals surface area contributed by atoms with E-state index in [2.05, 4.69) is 81.4 Å². The number of nitrogens with zero attached hydrogens (tertiary/aromatic N) is 2. The van der Waals surface area contributed by atoms with Gasteiger partial charge in [-0.25, -0.2) is 0 Å². The number of hydrogen-bond acceptors (Lipinski definition) is 2. The molecule has 2 aromatic rings. The van der Waals surface area contributed by atoms with Crippen molar-refractivity contribution in [2.24, 2.45) is 4.99 Å². The Kier molecular flexibility index (Phi) is 2.62. The number of likely N-dealkylation sites (N-methyl/N-ethyl adjacent to an activating group) is 1. The van der Waals surface area contributed by atoms with Crippen molar-refractivity contribution < 1.29 is 0 Å². The van der Waals surface area contributed by atoms with E-state index in [1.807, 2.05) is 0 Å². The number of hydrogen-bond donors (Lipinski definition) is 0. The molecule has 1 atom stereocenters. The van der Waals surface area contributed by atoms with Gasteiger partial charge in [0.15, 0.2) is 0 Å². The lowest BCUT2D eigenvalue weighted by atomic mass is 9.70. The molecular formula is C20H20N2. The molecule has 0 N–H and O–H groups in total. The third-order valence-corrected chi connectivity index (χ3v) is 5.07. The Morgan fingerprint density at radius 3 is 2.36 bits per heavy atom. The third-order valence-electron chi connectivity index (χ3n) is 5.07. The van der Waals surface area contributed by atoms with Crippen LogP contribution in [0.3, 0.4) is 0 Å². The second kappa shape index (κ2) is 4.33. The van der Waals surface area contributed by atoms with Gasteiger partial charge in [0.1, 0.15) is 5.54 Å². The highest BCUT2D eigenvalue weighted by Gasteiger charge is 2.45. The molecule has 1 aliphatic heterocycles. The molecule has 1 aliphatic carbocycles. The molecular weight excluding hydrogens is 268 g/mol. The first kappa shape index (κ1) is 13.3. The highest BCUT2D eigenvalue weighted by atomic mass is 15.2. The summed E-state index contributed by atoms with van der Waals surface area (Å²) in [5, 5.41) is 0. The average molecular weight is 288 g/mol. The van der Waals surface area contributed by atoms with Crippen LogP contribution in [0.15, 0.2) is 59.4 Å². The number of benzene rings is 2. The highest BCUT2D eigenvalue weighted by Crippen LogP contribution is 2.47. The van der Waals surface area contributed by atoms with E-state index in [9.17, 15) is 0 Å². The fourth-order valence-corrected chi connectivity index (χ4v) is 3.97. The average Bonchev–Trinajstić information content (AvgIpc) is 2.50. The van der Waals surface area contributed by atoms with E-state index in [1.54, 1.807) is 0 Å². The van der Waals surface area contributed by atoms with E-state index in [0.717, 1.165) is 11.4 Å². The van der Waals surface area contributed by atoms with Crippen molar-refractivity contribution in [2.45, 2.75) is 26.3 Å². The van der Waals surface area contributed by atoms with Gasteiger partial charge in [-0.3, -0.25) is 4.99 Å². The minimum absolute atomic E-state index is 0.214. The number of allylic oxidation sites excluding steroid dienone is 1. The summed E-state index contributed by atoms with van der Waals surface area (Å²) in [7, 11) is 2.16. The first-order valence-corrected chi connectivity index (χ1v) is 7.74. The van der Waals surface area contributed by atoms with Crippen LogP contribution in [-0.4, -0.2) is 17.7 Å². The van der Waals surface area contributed by atoms with Crippen LogP contribution in [0.4, 0.5) is 0 Å². The molecule has 0 aromatic heterocycles. The zero-order chi connectivity index (χ0) is 15.5. The van der Waals surface area contributed by atoms with E-state index in [-0.39, 0.29) is 5.54 Å². The largest absolute Gasteiger partial charge is 0.364 e. The van der Waals surface area contributed by atoms with E-state index in [0.29, 0.717) is 0 Å². The van der Waals surface area contributed by atoms with Crippen molar-refractivity contribution in [3.63, 3.8) is 0 Å². The van der Waals surface area contributed by atoms with Gasteiger partial charge in [0, 0.05) is 18.8 Å². The predicted molar refractivity (Wildman–Crippen MR) is 92.0 cm³/mol. The van der Waals surface area contributed by atoms with Crippen LogP contribution in [0, 0.1) is 6.92 Å². The maximum atomic E-state index is 4.94. The zero-order valence-corrected chi connectivity index (χ0v) is 13.5. The van der Waals surface area contributed by atoms with Crippen molar-refractivity contribution in [2.75, 3.05) is 7.05 Å². The minimum Gasteiger partial charge on any atom is -0.364 e. The third kappa shape index (κ3) is 1.52. The number of rotatable bonds is 0. The molecule has 1 unspecified atom stereocenters. The summed E-state index contributed by atoms with van der Waals surface area (Å²) < 4.78 is 0. The molecule has 110 valence electrons. The monoisotopic (exact) mass is 288 g/mol. The van der Waals surface area contributed by atoms with Crippen LogP contribution in [0.1, 0.15) is 30.5 Å². The smallest absolute Gasteiger partial charge is 0.106 e. The molecule has 2 aromatic carbocycles. The lowest BCUT2D eigenvalue weighted by Crippen LogP contribution is -2.50. The summed E-state index contributed by atoms with van der Waals surface area (Å²) in [5.74, 6) is 0. The van der Waals surface area contributed by atoms with Gasteiger partial charge in [-0.2, -0.15) is 0 Å². The lowest BCUT2D eigenvalue weighted by molar-refractivity contribution is 0.281. The molecule has 0 radical (unpaired) electrons. The fourth-order valence-electron chi connectivity index (χ4n) is 3.97. The fraction of sp³-hybridized carbons (Fsp3) is 0.250. The molecule has 4 rings (SSSR count). The van der Waals surface area contributed by atoms with Gasteiger partial charge in [0.05, 0.1) is 11.4 Å². The Morgan fingerprint density at radius 1 is 0.909 bits per heavy atom. The quantitative estimate of drug-likeness (QED) is 0.697. The Hall–Kier alpha value is -2.35. The van der Waals surface area contributed by atoms with Crippen LogP contribution in [0.5, 0.6) is 0 Å². The summed E-state index contributed by atoms with van der Waals surface area (Å²) in [6, 6.07) is 15.2. The first-order valence-electron chi connectivity index (χ1n) is 7.74. The van der Waals surface area contributed by atoms with Crippen LogP contribution in [0.2, 0.25) is 0 Å². The van der Waals surface area contributed by atoms with E-state index in [1.165, 1.54) is 27.8 Å². The van der Waals surface area contributed by atoms with Gasteiger partial charge in [-0.1, -0.05) is 42.5 Å². The minimum atomic E-state index is -0.214. The Labute approximate surface area is 131 Å². The van der Waals surface area contributed by atoms with Gasteiger partial charge >= 0.3 is 0 Å². The van der Waals surface area contributed by atoms with Gasteiger partial charge in [-0.05, 0) is 43.0 Å². The van der Waals surface area contributed by atoms with Crippen molar-refractivity contribution in [3.8, 4) is 11.1 Å². The van der Waals surface area contributed by atoms with Gasteiger partial charge in [0.2, 0.25) is 0 Å². The van der Waals surface area contributed by atoms with Crippen molar-refractivity contribution >= 4 is 5.71 Å². The van der Waals surface area contributed by atoms with Crippen LogP contribution < -0.4 is 0 Å². The number of aliphatic imine (C=N–C) groups is 1. The van der Waals surface area contributed by atoms with E-state index in [4.69, 9.17) is 4.99 Å². The van der Waals surface area contributed by atoms with Crippen LogP contribution >= 0.6 is 0 Å². The summed E-state index contributed by atoms with van der Waals surface area (Å²) >= 11 is 0. The second-order valence-electron chi connectivity index (χ2n) is 6.46. The van der Waals surface area contributed by atoms with E-state index >= 15 is 0 Å². The maximum Gasteiger partial charge on any atom is 0.106 e. The molecule has 0 saturated carbocycles. The molecule has 22 heavy (non-hydrogen) atoms. The molecule has 2 aliphatic rings. The Balaban J connectivity index is 2.17. The van der Waals surface area contributed by atoms with E-state index < -0.39 is 0 Å². The van der Waals surface area contributed by atoms with Crippen molar-refractivity contribution in [1.82, 2.24) is 4.90 Å². The van der Waals surface area contributed by atoms with Gasteiger partial charge in [-0.15, -0.1) is 0 Å². The maximum absolute atomic E-state index is 4.94. The summed E-state index contributed by atoms with van der Waals surface area (Å²) in [6.07, 6.45) is 2.15. The molecule has 0 fully saturated rings. The summed E-state index contributed by atoms with van der Waals surface area (Å²) in [5.41, 5.74) is 8.57. The summed E-state index contributed by atoms with van der Waals surface area (Å²) in [4.78, 5) is 7.26. The molecule has 0 spiro atoms. The topological polar surface area (TPSA) is 15.6 Å². The number of aryl methyl sites for hydroxylation is 1. The summed E-state index contributed by atoms with van der Waals surface area (Å²) in [6.45, 7) is 6.56. The SMILES string of the molecule is CC1=CN(C)C2(C)C(=N1)c1ccccc1-c1cccc(C)c12. The predicted octanol–water partition coefficient (Wildman–Crippen LogP) is 4.49. The molecule has 0 saturated heterocycles. The van der Waals surface area contributed by atoms with Crippen LogP contribution in [-0.2, 0) is 5.54 Å². The highest BCUT2D eigenvalue weighted by molar-refractivity contribution is 6.16. The molecule has 1 heterocycles. The lowest BCUT2D eigenvalue weighted by Gasteiger charge is -2.47. The zero-order valence-electron chi connectivity index (χ0n) is 13.5. The molecule has 0 bridgehead atoms. The molecule has 0 amide bonds. The van der Waals surface area contributed by atoms with Gasteiger partial charge in [0.25, 0.3) is 0 Å².